The molecule has 0 N–H and O–H groups in total. The van der Waals surface area contributed by atoms with E-state index in [1.165, 1.54) is 23.5 Å². The minimum Gasteiger partial charge on any atom is -0.481 e. The molecule has 0 fully saturated rings. The molecule has 2 heterocycles. The van der Waals surface area contributed by atoms with Crippen molar-refractivity contribution in [1.82, 2.24) is 9.97 Å². The second-order valence-corrected chi connectivity index (χ2v) is 4.87. The Morgan fingerprint density at radius 3 is 2.65 bits per heavy atom. The highest BCUT2D eigenvalue weighted by molar-refractivity contribution is 7.07. The first-order valence-electron chi connectivity index (χ1n) is 5.96. The summed E-state index contributed by atoms with van der Waals surface area (Å²) < 4.78 is 18.6. The zero-order valence-corrected chi connectivity index (χ0v) is 11.5. The summed E-state index contributed by atoms with van der Waals surface area (Å²) >= 11 is 1.48. The second-order valence-electron chi connectivity index (χ2n) is 4.15. The molecule has 0 atom stereocenters. The molecule has 0 saturated carbocycles. The van der Waals surface area contributed by atoms with Gasteiger partial charge >= 0.3 is 0 Å². The van der Waals surface area contributed by atoms with Crippen LogP contribution in [0, 0.1) is 5.82 Å². The summed E-state index contributed by atoms with van der Waals surface area (Å²) in [5.41, 5.74) is 5.05. The number of pyridine rings is 1. The van der Waals surface area contributed by atoms with Crippen molar-refractivity contribution in [2.75, 3.05) is 7.11 Å². The van der Waals surface area contributed by atoms with E-state index >= 15 is 0 Å². The van der Waals surface area contributed by atoms with E-state index in [0.717, 1.165) is 22.4 Å². The molecule has 0 aliphatic rings. The SMILES string of the molecule is COc1ccc(-c2ccc(F)cc2-c2cscn2)cn1. The molecule has 0 spiro atoms. The Morgan fingerprint density at radius 1 is 1.10 bits per heavy atom. The van der Waals surface area contributed by atoms with Crippen LogP contribution in [0.3, 0.4) is 0 Å². The summed E-state index contributed by atoms with van der Waals surface area (Å²) in [7, 11) is 1.57. The fourth-order valence-electron chi connectivity index (χ4n) is 1.99. The van der Waals surface area contributed by atoms with Crippen molar-refractivity contribution in [3.63, 3.8) is 0 Å². The topological polar surface area (TPSA) is 35.0 Å². The first-order chi connectivity index (χ1) is 9.78. The van der Waals surface area contributed by atoms with Gasteiger partial charge < -0.3 is 4.74 Å². The van der Waals surface area contributed by atoms with Gasteiger partial charge in [-0.3, -0.25) is 0 Å². The molecule has 3 nitrogen and oxygen atoms in total. The summed E-state index contributed by atoms with van der Waals surface area (Å²) in [5.74, 6) is 0.268. The standard InChI is InChI=1S/C15H11FN2OS/c1-19-15-5-2-10(7-17-15)12-4-3-11(16)6-13(12)14-8-20-9-18-14/h2-9H,1H3. The van der Waals surface area contributed by atoms with Gasteiger partial charge in [0.25, 0.3) is 0 Å². The quantitative estimate of drug-likeness (QED) is 0.729. The predicted octanol–water partition coefficient (Wildman–Crippen LogP) is 4.02. The van der Waals surface area contributed by atoms with Crippen LogP contribution >= 0.6 is 11.3 Å². The molecule has 100 valence electrons. The highest BCUT2D eigenvalue weighted by Crippen LogP contribution is 2.32. The third-order valence-electron chi connectivity index (χ3n) is 2.95. The Kier molecular flexibility index (Phi) is 3.43. The van der Waals surface area contributed by atoms with Crippen LogP contribution in [0.25, 0.3) is 22.4 Å². The van der Waals surface area contributed by atoms with E-state index in [-0.39, 0.29) is 5.82 Å². The first-order valence-corrected chi connectivity index (χ1v) is 6.91. The van der Waals surface area contributed by atoms with Gasteiger partial charge in [0.05, 0.1) is 18.3 Å². The Labute approximate surface area is 119 Å². The van der Waals surface area contributed by atoms with Crippen LogP contribution in [-0.2, 0) is 0 Å². The first kappa shape index (κ1) is 12.7. The monoisotopic (exact) mass is 286 g/mol. The third-order valence-corrected chi connectivity index (χ3v) is 3.53. The minimum absolute atomic E-state index is 0.279. The lowest BCUT2D eigenvalue weighted by Gasteiger charge is -2.08. The smallest absolute Gasteiger partial charge is 0.212 e. The average Bonchev–Trinajstić information content (AvgIpc) is 3.01. The van der Waals surface area contributed by atoms with Gasteiger partial charge in [0.2, 0.25) is 5.88 Å². The highest BCUT2D eigenvalue weighted by Gasteiger charge is 2.11. The van der Waals surface area contributed by atoms with Crippen molar-refractivity contribution >= 4 is 11.3 Å². The minimum atomic E-state index is -0.279. The van der Waals surface area contributed by atoms with E-state index in [4.69, 9.17) is 4.74 Å². The molecular weight excluding hydrogens is 275 g/mol. The molecule has 0 bridgehead atoms. The van der Waals surface area contributed by atoms with Gasteiger partial charge in [0.1, 0.15) is 5.82 Å². The van der Waals surface area contributed by atoms with Crippen LogP contribution in [0.15, 0.2) is 47.4 Å². The van der Waals surface area contributed by atoms with Crippen LogP contribution in [0.4, 0.5) is 4.39 Å². The van der Waals surface area contributed by atoms with E-state index < -0.39 is 0 Å². The number of aromatic nitrogens is 2. The summed E-state index contributed by atoms with van der Waals surface area (Å²) in [6.45, 7) is 0. The van der Waals surface area contributed by atoms with Crippen LogP contribution in [0.5, 0.6) is 5.88 Å². The van der Waals surface area contributed by atoms with E-state index in [1.54, 1.807) is 30.9 Å². The van der Waals surface area contributed by atoms with E-state index in [9.17, 15) is 4.39 Å². The molecule has 3 rings (SSSR count). The van der Waals surface area contributed by atoms with Gasteiger partial charge in [0.15, 0.2) is 0 Å². The Balaban J connectivity index is 2.13. The molecule has 1 aromatic carbocycles. The maximum Gasteiger partial charge on any atom is 0.212 e. The van der Waals surface area contributed by atoms with Crippen molar-refractivity contribution in [2.45, 2.75) is 0 Å². The number of hydrogen-bond acceptors (Lipinski definition) is 4. The molecule has 0 unspecified atom stereocenters. The maximum absolute atomic E-state index is 13.5. The lowest BCUT2D eigenvalue weighted by molar-refractivity contribution is 0.398. The summed E-state index contributed by atoms with van der Waals surface area (Å²) in [4.78, 5) is 8.44. The number of benzene rings is 1. The molecule has 0 radical (unpaired) electrons. The predicted molar refractivity (Wildman–Crippen MR) is 77.3 cm³/mol. The van der Waals surface area contributed by atoms with Crippen molar-refractivity contribution in [2.24, 2.45) is 0 Å². The van der Waals surface area contributed by atoms with Crippen LogP contribution in [0.2, 0.25) is 0 Å². The molecule has 0 saturated heterocycles. The normalized spacial score (nSPS) is 10.5. The van der Waals surface area contributed by atoms with E-state index in [0.29, 0.717) is 5.88 Å². The zero-order chi connectivity index (χ0) is 13.9. The molecule has 2 aromatic heterocycles. The van der Waals surface area contributed by atoms with Gasteiger partial charge in [-0.1, -0.05) is 6.07 Å². The molecule has 3 aromatic rings. The molecule has 5 heteroatoms. The lowest BCUT2D eigenvalue weighted by atomic mass is 9.99. The second kappa shape index (κ2) is 5.38. The zero-order valence-electron chi connectivity index (χ0n) is 10.7. The Hall–Kier alpha value is -2.27. The molecule has 0 aliphatic heterocycles. The van der Waals surface area contributed by atoms with Gasteiger partial charge in [0, 0.05) is 28.8 Å². The number of methoxy groups -OCH3 is 1. The van der Waals surface area contributed by atoms with Crippen LogP contribution in [-0.4, -0.2) is 17.1 Å². The van der Waals surface area contributed by atoms with Gasteiger partial charge in [-0.2, -0.15) is 0 Å². The molecule has 20 heavy (non-hydrogen) atoms. The fourth-order valence-corrected chi connectivity index (χ4v) is 2.54. The fraction of sp³-hybridized carbons (Fsp3) is 0.0667. The lowest BCUT2D eigenvalue weighted by Crippen LogP contribution is -1.90. The number of thiazole rings is 1. The summed E-state index contributed by atoms with van der Waals surface area (Å²) in [6.07, 6.45) is 1.71. The van der Waals surface area contributed by atoms with E-state index in [1.807, 2.05) is 11.4 Å². The number of halogens is 1. The van der Waals surface area contributed by atoms with Gasteiger partial charge in [-0.25, -0.2) is 14.4 Å². The molecule has 0 aliphatic carbocycles. The number of ether oxygens (including phenoxy) is 1. The largest absolute Gasteiger partial charge is 0.481 e. The molecular formula is C15H11FN2OS. The average molecular weight is 286 g/mol. The number of rotatable bonds is 3. The van der Waals surface area contributed by atoms with E-state index in [2.05, 4.69) is 9.97 Å². The Bertz CT molecular complexity index is 711. The highest BCUT2D eigenvalue weighted by atomic mass is 32.1. The number of hydrogen-bond donors (Lipinski definition) is 0. The van der Waals surface area contributed by atoms with Crippen molar-refractivity contribution in [1.29, 1.82) is 0 Å². The molecule has 0 amide bonds. The Morgan fingerprint density at radius 2 is 2.00 bits per heavy atom. The number of nitrogens with zero attached hydrogens (tertiary/aromatic N) is 2. The van der Waals surface area contributed by atoms with Gasteiger partial charge in [-0.05, 0) is 23.8 Å². The van der Waals surface area contributed by atoms with Crippen LogP contribution in [0.1, 0.15) is 0 Å². The maximum atomic E-state index is 13.5. The van der Waals surface area contributed by atoms with Crippen molar-refractivity contribution < 1.29 is 9.13 Å². The summed E-state index contributed by atoms with van der Waals surface area (Å²) in [6, 6.07) is 8.36. The summed E-state index contributed by atoms with van der Waals surface area (Å²) in [5, 5.41) is 1.90. The van der Waals surface area contributed by atoms with Crippen LogP contribution < -0.4 is 4.74 Å². The van der Waals surface area contributed by atoms with Gasteiger partial charge in [-0.15, -0.1) is 11.3 Å². The van der Waals surface area contributed by atoms with Crippen molar-refractivity contribution in [3.8, 4) is 28.3 Å². The third kappa shape index (κ3) is 2.40. The van der Waals surface area contributed by atoms with Crippen molar-refractivity contribution in [3.05, 3.63) is 53.2 Å².